The van der Waals surface area contributed by atoms with Gasteiger partial charge >= 0.3 is 0 Å². The van der Waals surface area contributed by atoms with Crippen LogP contribution in [0.3, 0.4) is 0 Å². The molecule has 0 saturated heterocycles. The van der Waals surface area contributed by atoms with Gasteiger partial charge in [0.1, 0.15) is 0 Å². The Labute approximate surface area is 128 Å². The van der Waals surface area contributed by atoms with Crippen LogP contribution in [-0.2, 0) is 0 Å². The molecule has 0 aliphatic carbocycles. The van der Waals surface area contributed by atoms with Crippen LogP contribution >= 0.6 is 8.19 Å². The van der Waals surface area contributed by atoms with Gasteiger partial charge < -0.3 is 0 Å². The first-order valence-electron chi connectivity index (χ1n) is 7.37. The zero-order valence-electron chi connectivity index (χ0n) is 12.5. The summed E-state index contributed by atoms with van der Waals surface area (Å²) in [4.78, 5) is 0. The maximum Gasteiger partial charge on any atom is 0.00989 e. The summed E-state index contributed by atoms with van der Waals surface area (Å²) in [5.74, 6) is 0.540. The second-order valence-corrected chi connectivity index (χ2v) is 6.74. The summed E-state index contributed by atoms with van der Waals surface area (Å²) >= 11 is 0. The van der Waals surface area contributed by atoms with Crippen molar-refractivity contribution in [3.8, 4) is 21.7 Å². The van der Waals surface area contributed by atoms with Crippen LogP contribution in [0.15, 0.2) is 72.8 Å². The summed E-state index contributed by atoms with van der Waals surface area (Å²) in [7, 11) is 1.29. The predicted molar refractivity (Wildman–Crippen MR) is 93.9 cm³/mol. The molecule has 0 saturated carbocycles. The fraction of sp³-hybridized carbons (Fsp3) is 0.150. The molecule has 0 N–H and O–H groups in total. The lowest BCUT2D eigenvalue weighted by Gasteiger charge is -2.12. The summed E-state index contributed by atoms with van der Waals surface area (Å²) < 4.78 is 0. The molecule has 1 heterocycles. The van der Waals surface area contributed by atoms with Crippen molar-refractivity contribution in [3.63, 3.8) is 0 Å². The smallest absolute Gasteiger partial charge is 0.00989 e. The fourth-order valence-electron chi connectivity index (χ4n) is 2.40. The third-order valence-electron chi connectivity index (χ3n) is 3.65. The van der Waals surface area contributed by atoms with Gasteiger partial charge in [-0.05, 0) is 34.7 Å². The van der Waals surface area contributed by atoms with Crippen LogP contribution in [0.2, 0.25) is 0 Å². The SMILES string of the molecule is CC(C)c1cc(-c2ccccc2)pc(-c2ccccc2)c1. The van der Waals surface area contributed by atoms with Crippen molar-refractivity contribution < 1.29 is 0 Å². The van der Waals surface area contributed by atoms with Gasteiger partial charge in [-0.3, -0.25) is 0 Å². The van der Waals surface area contributed by atoms with Crippen molar-refractivity contribution >= 4 is 8.19 Å². The van der Waals surface area contributed by atoms with Gasteiger partial charge in [0.25, 0.3) is 0 Å². The van der Waals surface area contributed by atoms with E-state index in [9.17, 15) is 0 Å². The molecule has 3 rings (SSSR count). The van der Waals surface area contributed by atoms with Crippen LogP contribution in [0.5, 0.6) is 0 Å². The molecule has 0 amide bonds. The molecule has 0 aliphatic heterocycles. The molecule has 0 spiro atoms. The van der Waals surface area contributed by atoms with E-state index >= 15 is 0 Å². The zero-order chi connectivity index (χ0) is 14.7. The lowest BCUT2D eigenvalue weighted by Crippen LogP contribution is -1.88. The van der Waals surface area contributed by atoms with E-state index in [0.29, 0.717) is 5.92 Å². The minimum absolute atomic E-state index is 0.540. The van der Waals surface area contributed by atoms with Crippen molar-refractivity contribution in [2.45, 2.75) is 19.8 Å². The molecule has 2 aromatic carbocycles. The highest BCUT2D eigenvalue weighted by Crippen LogP contribution is 2.39. The Bertz CT molecular complexity index is 658. The zero-order valence-corrected chi connectivity index (χ0v) is 13.3. The standard InChI is InChI=1S/C20H19P/c1-15(2)18-13-19(16-9-5-3-6-10-16)21-20(14-18)17-11-7-4-8-12-17/h3-15H,1-2H3. The van der Waals surface area contributed by atoms with Gasteiger partial charge in [-0.25, -0.2) is 0 Å². The Hall–Kier alpha value is -1.91. The molecule has 0 fully saturated rings. The Morgan fingerprint density at radius 2 is 1.10 bits per heavy atom. The molecule has 0 atom stereocenters. The van der Waals surface area contributed by atoms with Gasteiger partial charge in [-0.1, -0.05) is 82.7 Å². The maximum absolute atomic E-state index is 2.36. The van der Waals surface area contributed by atoms with Crippen LogP contribution in [-0.4, -0.2) is 0 Å². The molecule has 0 bridgehead atoms. The number of rotatable bonds is 3. The first kappa shape index (κ1) is 14.0. The molecule has 1 heteroatoms. The molecule has 0 aliphatic rings. The Morgan fingerprint density at radius 1 is 0.667 bits per heavy atom. The van der Waals surface area contributed by atoms with E-state index < -0.39 is 0 Å². The number of hydrogen-bond acceptors (Lipinski definition) is 0. The monoisotopic (exact) mass is 290 g/mol. The van der Waals surface area contributed by atoms with E-state index in [2.05, 4.69) is 86.6 Å². The van der Waals surface area contributed by atoms with Crippen LogP contribution in [0, 0.1) is 0 Å². The first-order chi connectivity index (χ1) is 10.2. The number of hydrogen-bond donors (Lipinski definition) is 0. The fourth-order valence-corrected chi connectivity index (χ4v) is 3.64. The lowest BCUT2D eigenvalue weighted by molar-refractivity contribution is 0.869. The molecular formula is C20H19P. The van der Waals surface area contributed by atoms with Crippen molar-refractivity contribution in [3.05, 3.63) is 78.4 Å². The summed E-state index contributed by atoms with van der Waals surface area (Å²) in [6.45, 7) is 4.52. The first-order valence-corrected chi connectivity index (χ1v) is 8.26. The molecule has 3 aromatic rings. The van der Waals surface area contributed by atoms with Gasteiger partial charge in [0, 0.05) is 10.6 Å². The Balaban J connectivity index is 2.16. The van der Waals surface area contributed by atoms with E-state index in [1.54, 1.807) is 0 Å². The quantitative estimate of drug-likeness (QED) is 0.502. The van der Waals surface area contributed by atoms with Crippen molar-refractivity contribution in [2.75, 3.05) is 0 Å². The highest BCUT2D eigenvalue weighted by Gasteiger charge is 2.08. The molecule has 104 valence electrons. The average molecular weight is 290 g/mol. The van der Waals surface area contributed by atoms with Crippen LogP contribution in [0.4, 0.5) is 0 Å². The van der Waals surface area contributed by atoms with E-state index in [1.165, 1.54) is 35.5 Å². The molecule has 0 nitrogen and oxygen atoms in total. The van der Waals surface area contributed by atoms with Crippen molar-refractivity contribution in [1.82, 2.24) is 0 Å². The van der Waals surface area contributed by atoms with E-state index in [0.717, 1.165) is 0 Å². The van der Waals surface area contributed by atoms with E-state index in [4.69, 9.17) is 0 Å². The van der Waals surface area contributed by atoms with E-state index in [1.807, 2.05) is 0 Å². The predicted octanol–water partition coefficient (Wildman–Crippen LogP) is 6.72. The van der Waals surface area contributed by atoms with Crippen LogP contribution in [0.25, 0.3) is 21.7 Å². The molecule has 1 aromatic heterocycles. The average Bonchev–Trinajstić information content (AvgIpc) is 2.56. The van der Waals surface area contributed by atoms with Crippen molar-refractivity contribution in [2.24, 2.45) is 0 Å². The molecule has 0 unspecified atom stereocenters. The summed E-state index contributed by atoms with van der Waals surface area (Å²) in [5, 5.41) is 2.78. The number of benzene rings is 2. The summed E-state index contributed by atoms with van der Waals surface area (Å²) in [6.07, 6.45) is 0. The highest BCUT2D eigenvalue weighted by molar-refractivity contribution is 7.37. The van der Waals surface area contributed by atoms with Gasteiger partial charge in [0.2, 0.25) is 0 Å². The van der Waals surface area contributed by atoms with E-state index in [-0.39, 0.29) is 0 Å². The minimum Gasteiger partial charge on any atom is -0.0622 e. The van der Waals surface area contributed by atoms with Crippen LogP contribution in [0.1, 0.15) is 25.3 Å². The van der Waals surface area contributed by atoms with Gasteiger partial charge in [-0.15, -0.1) is 0 Å². The molecular weight excluding hydrogens is 271 g/mol. The Kier molecular flexibility index (Phi) is 4.18. The molecule has 0 radical (unpaired) electrons. The van der Waals surface area contributed by atoms with Gasteiger partial charge in [0.15, 0.2) is 0 Å². The second-order valence-electron chi connectivity index (χ2n) is 5.56. The van der Waals surface area contributed by atoms with Gasteiger partial charge in [0.05, 0.1) is 0 Å². The van der Waals surface area contributed by atoms with Crippen LogP contribution < -0.4 is 0 Å². The van der Waals surface area contributed by atoms with Gasteiger partial charge in [-0.2, -0.15) is 0 Å². The largest absolute Gasteiger partial charge is 0.0622 e. The minimum atomic E-state index is 0.540. The summed E-state index contributed by atoms with van der Waals surface area (Å²) in [6, 6.07) is 26.1. The third kappa shape index (κ3) is 3.23. The second kappa shape index (κ2) is 6.24. The topological polar surface area (TPSA) is 0 Å². The third-order valence-corrected chi connectivity index (χ3v) is 4.91. The lowest BCUT2D eigenvalue weighted by atomic mass is 10.0. The normalized spacial score (nSPS) is 10.8. The highest BCUT2D eigenvalue weighted by atomic mass is 31.0. The Morgan fingerprint density at radius 3 is 1.48 bits per heavy atom. The maximum atomic E-state index is 2.36. The summed E-state index contributed by atoms with van der Waals surface area (Å²) in [5.41, 5.74) is 4.05. The molecule has 21 heavy (non-hydrogen) atoms. The van der Waals surface area contributed by atoms with Crippen molar-refractivity contribution in [1.29, 1.82) is 0 Å².